The molecule has 1 aromatic rings. The van der Waals surface area contributed by atoms with E-state index in [4.69, 9.17) is 4.74 Å². The molecular formula is C13H25N3O. The fraction of sp³-hybridized carbons (Fsp3) is 0.769. The summed E-state index contributed by atoms with van der Waals surface area (Å²) in [5.41, 5.74) is 1.24. The molecule has 98 valence electrons. The Balaban J connectivity index is 2.31. The first-order valence-corrected chi connectivity index (χ1v) is 6.61. The predicted molar refractivity (Wildman–Crippen MR) is 70.0 cm³/mol. The van der Waals surface area contributed by atoms with E-state index in [9.17, 15) is 0 Å². The molecule has 0 bridgehead atoms. The van der Waals surface area contributed by atoms with Crippen molar-refractivity contribution in [1.29, 1.82) is 0 Å². The van der Waals surface area contributed by atoms with Crippen LogP contribution in [0.25, 0.3) is 0 Å². The fourth-order valence-electron chi connectivity index (χ4n) is 1.61. The topological polar surface area (TPSA) is 39.1 Å². The van der Waals surface area contributed by atoms with Crippen LogP contribution in [0.2, 0.25) is 0 Å². The third kappa shape index (κ3) is 5.33. The Morgan fingerprint density at radius 3 is 2.88 bits per heavy atom. The predicted octanol–water partition coefficient (Wildman–Crippen LogP) is 2.37. The number of aromatic nitrogens is 2. The van der Waals surface area contributed by atoms with E-state index in [2.05, 4.69) is 37.4 Å². The molecule has 0 aliphatic rings. The average Bonchev–Trinajstić information content (AvgIpc) is 2.80. The second-order valence-electron chi connectivity index (χ2n) is 4.32. The van der Waals surface area contributed by atoms with Crippen molar-refractivity contribution in [2.75, 3.05) is 19.8 Å². The summed E-state index contributed by atoms with van der Waals surface area (Å²) in [6, 6.07) is 0.375. The van der Waals surface area contributed by atoms with Crippen molar-refractivity contribution in [2.45, 2.75) is 46.2 Å². The lowest BCUT2D eigenvalue weighted by atomic mass is 10.2. The molecule has 1 rings (SSSR count). The monoisotopic (exact) mass is 239 g/mol. The minimum Gasteiger partial charge on any atom is -0.380 e. The van der Waals surface area contributed by atoms with Crippen molar-refractivity contribution >= 4 is 0 Å². The van der Waals surface area contributed by atoms with Crippen molar-refractivity contribution in [1.82, 2.24) is 15.1 Å². The third-order valence-electron chi connectivity index (χ3n) is 2.67. The van der Waals surface area contributed by atoms with E-state index in [1.54, 1.807) is 0 Å². The molecule has 17 heavy (non-hydrogen) atoms. The van der Waals surface area contributed by atoms with E-state index in [1.807, 2.05) is 10.9 Å². The van der Waals surface area contributed by atoms with Gasteiger partial charge in [-0.25, -0.2) is 0 Å². The van der Waals surface area contributed by atoms with Crippen LogP contribution in [0, 0.1) is 0 Å². The van der Waals surface area contributed by atoms with Gasteiger partial charge in [0.1, 0.15) is 0 Å². The Kier molecular flexibility index (Phi) is 6.89. The molecule has 4 nitrogen and oxygen atoms in total. The molecule has 0 amide bonds. The van der Waals surface area contributed by atoms with Crippen molar-refractivity contribution in [3.8, 4) is 0 Å². The van der Waals surface area contributed by atoms with E-state index in [1.165, 1.54) is 5.56 Å². The molecule has 1 heterocycles. The first kappa shape index (κ1) is 14.2. The van der Waals surface area contributed by atoms with E-state index < -0.39 is 0 Å². The van der Waals surface area contributed by atoms with Crippen LogP contribution in [0.4, 0.5) is 0 Å². The van der Waals surface area contributed by atoms with Crippen LogP contribution in [-0.2, 0) is 11.3 Å². The largest absolute Gasteiger partial charge is 0.380 e. The second kappa shape index (κ2) is 8.25. The Labute approximate surface area is 104 Å². The van der Waals surface area contributed by atoms with Crippen LogP contribution in [-0.4, -0.2) is 29.5 Å². The summed E-state index contributed by atoms with van der Waals surface area (Å²) in [5, 5.41) is 7.79. The second-order valence-corrected chi connectivity index (χ2v) is 4.32. The number of hydrogen-bond donors (Lipinski definition) is 1. The van der Waals surface area contributed by atoms with Gasteiger partial charge in [-0.2, -0.15) is 5.10 Å². The molecule has 0 fully saturated rings. The van der Waals surface area contributed by atoms with Gasteiger partial charge in [-0.3, -0.25) is 4.68 Å². The van der Waals surface area contributed by atoms with Gasteiger partial charge in [0.25, 0.3) is 0 Å². The summed E-state index contributed by atoms with van der Waals surface area (Å²) in [5.74, 6) is 0. The highest BCUT2D eigenvalue weighted by Gasteiger charge is 2.06. The number of hydrogen-bond acceptors (Lipinski definition) is 3. The van der Waals surface area contributed by atoms with Gasteiger partial charge in [0.15, 0.2) is 0 Å². The average molecular weight is 239 g/mol. The molecule has 1 atom stereocenters. The molecule has 4 heteroatoms. The third-order valence-corrected chi connectivity index (χ3v) is 2.67. The standard InChI is InChI=1S/C13H25N3O/c1-4-6-14-12(3)13-10-15-16(11-13)7-9-17-8-5-2/h10-12,14H,4-9H2,1-3H3. The van der Waals surface area contributed by atoms with Gasteiger partial charge in [0.05, 0.1) is 19.3 Å². The van der Waals surface area contributed by atoms with Crippen molar-refractivity contribution in [2.24, 2.45) is 0 Å². The molecule has 0 aromatic carbocycles. The summed E-state index contributed by atoms with van der Waals surface area (Å²) >= 11 is 0. The molecule has 1 N–H and O–H groups in total. The summed E-state index contributed by atoms with van der Waals surface area (Å²) in [7, 11) is 0. The van der Waals surface area contributed by atoms with E-state index in [-0.39, 0.29) is 0 Å². The van der Waals surface area contributed by atoms with Gasteiger partial charge in [0.2, 0.25) is 0 Å². The van der Waals surface area contributed by atoms with Crippen LogP contribution in [0.1, 0.15) is 45.2 Å². The summed E-state index contributed by atoms with van der Waals surface area (Å²) in [6.45, 7) is 9.92. The molecule has 1 aromatic heterocycles. The lowest BCUT2D eigenvalue weighted by Crippen LogP contribution is -2.18. The van der Waals surface area contributed by atoms with Crippen molar-refractivity contribution in [3.63, 3.8) is 0 Å². The van der Waals surface area contributed by atoms with Gasteiger partial charge < -0.3 is 10.1 Å². The van der Waals surface area contributed by atoms with Gasteiger partial charge in [-0.1, -0.05) is 13.8 Å². The number of ether oxygens (including phenoxy) is 1. The Morgan fingerprint density at radius 2 is 2.18 bits per heavy atom. The molecule has 0 aliphatic heterocycles. The van der Waals surface area contributed by atoms with Crippen molar-refractivity contribution in [3.05, 3.63) is 18.0 Å². The SMILES string of the molecule is CCCNC(C)c1cnn(CCOCCC)c1. The fourth-order valence-corrected chi connectivity index (χ4v) is 1.61. The lowest BCUT2D eigenvalue weighted by molar-refractivity contribution is 0.124. The molecule has 0 aliphatic carbocycles. The minimum atomic E-state index is 0.375. The van der Waals surface area contributed by atoms with Crippen LogP contribution < -0.4 is 5.32 Å². The Hall–Kier alpha value is -0.870. The number of nitrogens with zero attached hydrogens (tertiary/aromatic N) is 2. The van der Waals surface area contributed by atoms with Crippen LogP contribution >= 0.6 is 0 Å². The molecule has 0 saturated heterocycles. The highest BCUT2D eigenvalue weighted by Crippen LogP contribution is 2.10. The zero-order chi connectivity index (χ0) is 12.5. The number of nitrogens with one attached hydrogen (secondary N) is 1. The molecule has 0 spiro atoms. The van der Waals surface area contributed by atoms with E-state index >= 15 is 0 Å². The molecule has 0 saturated carbocycles. The van der Waals surface area contributed by atoms with Crippen LogP contribution in [0.5, 0.6) is 0 Å². The summed E-state index contributed by atoms with van der Waals surface area (Å²) in [6.07, 6.45) is 6.27. The highest BCUT2D eigenvalue weighted by molar-refractivity contribution is 5.09. The van der Waals surface area contributed by atoms with Gasteiger partial charge in [-0.05, 0) is 26.3 Å². The number of rotatable bonds is 9. The lowest BCUT2D eigenvalue weighted by Gasteiger charge is -2.10. The van der Waals surface area contributed by atoms with Crippen LogP contribution in [0.3, 0.4) is 0 Å². The Morgan fingerprint density at radius 1 is 1.35 bits per heavy atom. The molecule has 0 radical (unpaired) electrons. The maximum atomic E-state index is 5.44. The zero-order valence-corrected chi connectivity index (χ0v) is 11.3. The Bertz CT molecular complexity index is 299. The summed E-state index contributed by atoms with van der Waals surface area (Å²) < 4.78 is 7.40. The van der Waals surface area contributed by atoms with Gasteiger partial charge >= 0.3 is 0 Å². The van der Waals surface area contributed by atoms with Crippen LogP contribution in [0.15, 0.2) is 12.4 Å². The van der Waals surface area contributed by atoms with E-state index in [0.29, 0.717) is 6.04 Å². The quantitative estimate of drug-likeness (QED) is 0.672. The normalized spacial score (nSPS) is 12.9. The van der Waals surface area contributed by atoms with Crippen molar-refractivity contribution < 1.29 is 4.74 Å². The molecular weight excluding hydrogens is 214 g/mol. The van der Waals surface area contributed by atoms with Gasteiger partial charge in [0, 0.05) is 24.4 Å². The van der Waals surface area contributed by atoms with E-state index in [0.717, 1.165) is 39.1 Å². The summed E-state index contributed by atoms with van der Waals surface area (Å²) in [4.78, 5) is 0. The maximum absolute atomic E-state index is 5.44. The smallest absolute Gasteiger partial charge is 0.0662 e. The molecule has 1 unspecified atom stereocenters. The first-order chi connectivity index (χ1) is 8.27. The van der Waals surface area contributed by atoms with Gasteiger partial charge in [-0.15, -0.1) is 0 Å². The zero-order valence-electron chi connectivity index (χ0n) is 11.3. The minimum absolute atomic E-state index is 0.375. The maximum Gasteiger partial charge on any atom is 0.0662 e. The first-order valence-electron chi connectivity index (χ1n) is 6.61. The highest BCUT2D eigenvalue weighted by atomic mass is 16.5.